The number of aromatic nitrogens is 2. The minimum absolute atomic E-state index is 0.959. The van der Waals surface area contributed by atoms with Crippen molar-refractivity contribution in [2.24, 2.45) is 0 Å². The Hall–Kier alpha value is -0.740. The molecule has 0 atom stereocenters. The van der Waals surface area contributed by atoms with Gasteiger partial charge in [0.1, 0.15) is 10.5 Å². The molecule has 2 nitrogen and oxygen atoms in total. The first-order valence-corrected chi connectivity index (χ1v) is 5.47. The number of hydrogen-bond acceptors (Lipinski definition) is 3. The van der Waals surface area contributed by atoms with E-state index in [4.69, 9.17) is 0 Å². The predicted octanol–water partition coefficient (Wildman–Crippen LogP) is 3.28. The van der Waals surface area contributed by atoms with E-state index in [0.29, 0.717) is 0 Å². The summed E-state index contributed by atoms with van der Waals surface area (Å²) in [6, 6.07) is 6.19. The first kappa shape index (κ1) is 8.84. The van der Waals surface area contributed by atoms with E-state index in [1.54, 1.807) is 16.8 Å². The van der Waals surface area contributed by atoms with Gasteiger partial charge in [0, 0.05) is 10.0 Å². The van der Waals surface area contributed by atoms with E-state index in [1.807, 2.05) is 0 Å². The lowest BCUT2D eigenvalue weighted by molar-refractivity contribution is 1.09. The highest BCUT2D eigenvalue weighted by Crippen LogP contribution is 2.25. The first-order valence-electron chi connectivity index (χ1n) is 3.80. The second-order valence-electron chi connectivity index (χ2n) is 2.71. The molecule has 2 aromatic rings. The van der Waals surface area contributed by atoms with E-state index in [9.17, 15) is 0 Å². The Kier molecular flexibility index (Phi) is 2.42. The summed E-state index contributed by atoms with van der Waals surface area (Å²) in [7, 11) is 0. The van der Waals surface area contributed by atoms with Crippen molar-refractivity contribution < 1.29 is 0 Å². The van der Waals surface area contributed by atoms with Crippen LogP contribution in [0, 0.1) is 6.92 Å². The van der Waals surface area contributed by atoms with Gasteiger partial charge in [-0.25, -0.2) is 0 Å². The van der Waals surface area contributed by atoms with Crippen LogP contribution in [-0.2, 0) is 0 Å². The zero-order valence-corrected chi connectivity index (χ0v) is 9.39. The molecule has 0 saturated carbocycles. The molecule has 0 bridgehead atoms. The molecule has 0 saturated heterocycles. The second-order valence-corrected chi connectivity index (χ2v) is 4.40. The molecule has 0 N–H and O–H groups in total. The summed E-state index contributed by atoms with van der Waals surface area (Å²) in [5.74, 6) is 0. The van der Waals surface area contributed by atoms with Crippen LogP contribution in [0.1, 0.15) is 5.56 Å². The number of nitrogens with zero attached hydrogens (tertiary/aromatic N) is 2. The highest BCUT2D eigenvalue weighted by molar-refractivity contribution is 9.10. The normalized spacial score (nSPS) is 10.3. The van der Waals surface area contributed by atoms with Crippen molar-refractivity contribution in [1.29, 1.82) is 0 Å². The minimum atomic E-state index is 0.959. The van der Waals surface area contributed by atoms with E-state index >= 15 is 0 Å². The molecule has 1 heterocycles. The van der Waals surface area contributed by atoms with Gasteiger partial charge in [-0.1, -0.05) is 39.4 Å². The fourth-order valence-electron chi connectivity index (χ4n) is 1.02. The van der Waals surface area contributed by atoms with Crippen LogP contribution in [-0.4, -0.2) is 10.2 Å². The zero-order valence-electron chi connectivity index (χ0n) is 6.99. The van der Waals surface area contributed by atoms with E-state index in [2.05, 4.69) is 51.3 Å². The molecule has 0 aliphatic rings. The lowest BCUT2D eigenvalue weighted by Crippen LogP contribution is -1.79. The molecule has 66 valence electrons. The largest absolute Gasteiger partial charge is 0.147 e. The Morgan fingerprint density at radius 1 is 1.38 bits per heavy atom. The van der Waals surface area contributed by atoms with Gasteiger partial charge in [-0.05, 0) is 18.6 Å². The van der Waals surface area contributed by atoms with Gasteiger partial charge >= 0.3 is 0 Å². The topological polar surface area (TPSA) is 25.8 Å². The number of aryl methyl sites for hydroxylation is 1. The highest BCUT2D eigenvalue weighted by atomic mass is 79.9. The number of hydrogen-bond donors (Lipinski definition) is 0. The van der Waals surface area contributed by atoms with Gasteiger partial charge in [0.25, 0.3) is 0 Å². The second kappa shape index (κ2) is 3.55. The molecule has 2 rings (SSSR count). The maximum atomic E-state index is 4.00. The first-order chi connectivity index (χ1) is 6.27. The van der Waals surface area contributed by atoms with Gasteiger partial charge in [0.2, 0.25) is 0 Å². The fraction of sp³-hybridized carbons (Fsp3) is 0.111. The van der Waals surface area contributed by atoms with Crippen LogP contribution in [0.4, 0.5) is 0 Å². The van der Waals surface area contributed by atoms with Gasteiger partial charge in [-0.15, -0.1) is 10.2 Å². The van der Waals surface area contributed by atoms with Crippen molar-refractivity contribution in [2.75, 3.05) is 0 Å². The Morgan fingerprint density at radius 2 is 2.23 bits per heavy atom. The van der Waals surface area contributed by atoms with Crippen LogP contribution >= 0.6 is 27.3 Å². The fourth-order valence-corrected chi connectivity index (χ4v) is 1.95. The summed E-state index contributed by atoms with van der Waals surface area (Å²) in [5.41, 5.74) is 4.08. The minimum Gasteiger partial charge on any atom is -0.147 e. The maximum absolute atomic E-state index is 4.00. The molecule has 0 radical (unpaired) electrons. The number of halogens is 1. The molecule has 0 amide bonds. The molecular weight excluding hydrogens is 248 g/mol. The van der Waals surface area contributed by atoms with Crippen molar-refractivity contribution >= 4 is 27.3 Å². The molecule has 13 heavy (non-hydrogen) atoms. The van der Waals surface area contributed by atoms with Crippen molar-refractivity contribution in [3.05, 3.63) is 33.7 Å². The Labute approximate surface area is 88.8 Å². The molecule has 4 heteroatoms. The van der Waals surface area contributed by atoms with Gasteiger partial charge in [0.15, 0.2) is 0 Å². The van der Waals surface area contributed by atoms with E-state index in [0.717, 1.165) is 15.0 Å². The van der Waals surface area contributed by atoms with Crippen LogP contribution in [0.5, 0.6) is 0 Å². The molecule has 0 fully saturated rings. The summed E-state index contributed by atoms with van der Waals surface area (Å²) in [6.45, 7) is 2.06. The number of rotatable bonds is 1. The number of benzene rings is 1. The molecule has 1 aromatic carbocycles. The third kappa shape index (κ3) is 1.78. The van der Waals surface area contributed by atoms with E-state index < -0.39 is 0 Å². The maximum Gasteiger partial charge on any atom is 0.147 e. The predicted molar refractivity (Wildman–Crippen MR) is 57.8 cm³/mol. The summed E-state index contributed by atoms with van der Waals surface area (Å²) in [4.78, 5) is 0. The lowest BCUT2D eigenvalue weighted by Gasteiger charge is -1.99. The summed E-state index contributed by atoms with van der Waals surface area (Å²) >= 11 is 5.04. The van der Waals surface area contributed by atoms with Gasteiger partial charge < -0.3 is 0 Å². The Bertz CT molecular complexity index is 412. The zero-order chi connectivity index (χ0) is 9.26. The van der Waals surface area contributed by atoms with Crippen molar-refractivity contribution in [3.8, 4) is 10.6 Å². The quantitative estimate of drug-likeness (QED) is 0.781. The van der Waals surface area contributed by atoms with Crippen LogP contribution in [0.2, 0.25) is 0 Å². The summed E-state index contributed by atoms with van der Waals surface area (Å²) < 4.78 is 1.11. The molecule has 0 aliphatic heterocycles. The smallest absolute Gasteiger partial charge is 0.147 e. The van der Waals surface area contributed by atoms with Gasteiger partial charge in [0.05, 0.1) is 0 Å². The van der Waals surface area contributed by atoms with E-state index in [1.165, 1.54) is 5.56 Å². The summed E-state index contributed by atoms with van der Waals surface area (Å²) in [6.07, 6.45) is 0. The van der Waals surface area contributed by atoms with Crippen molar-refractivity contribution in [3.63, 3.8) is 0 Å². The van der Waals surface area contributed by atoms with Crippen LogP contribution in [0.25, 0.3) is 10.6 Å². The van der Waals surface area contributed by atoms with Crippen LogP contribution < -0.4 is 0 Å². The standard InChI is InChI=1S/C9H7BrN2S/c1-6-2-3-7(4-8(6)10)9-12-11-5-13-9/h2-5H,1H3. The Morgan fingerprint density at radius 3 is 2.85 bits per heavy atom. The molecular formula is C9H7BrN2S. The average molecular weight is 255 g/mol. The monoisotopic (exact) mass is 254 g/mol. The van der Waals surface area contributed by atoms with Gasteiger partial charge in [-0.3, -0.25) is 0 Å². The molecule has 0 aliphatic carbocycles. The third-order valence-corrected chi connectivity index (χ3v) is 3.37. The van der Waals surface area contributed by atoms with Gasteiger partial charge in [-0.2, -0.15) is 0 Å². The lowest BCUT2D eigenvalue weighted by atomic mass is 10.2. The molecule has 1 aromatic heterocycles. The van der Waals surface area contributed by atoms with E-state index in [-0.39, 0.29) is 0 Å². The van der Waals surface area contributed by atoms with Crippen molar-refractivity contribution in [1.82, 2.24) is 10.2 Å². The van der Waals surface area contributed by atoms with Crippen molar-refractivity contribution in [2.45, 2.75) is 6.92 Å². The highest BCUT2D eigenvalue weighted by Gasteiger charge is 2.02. The van der Waals surface area contributed by atoms with Crippen LogP contribution in [0.15, 0.2) is 28.2 Å². The molecule has 0 unspecified atom stereocenters. The third-order valence-electron chi connectivity index (χ3n) is 1.78. The van der Waals surface area contributed by atoms with Crippen LogP contribution in [0.3, 0.4) is 0 Å². The SMILES string of the molecule is Cc1ccc(-c2nncs2)cc1Br. The average Bonchev–Trinajstić information content (AvgIpc) is 2.62. The molecule has 0 spiro atoms. The Balaban J connectivity index is 2.49. The summed E-state index contributed by atoms with van der Waals surface area (Å²) in [5, 5.41) is 8.77.